The lowest BCUT2D eigenvalue weighted by Crippen LogP contribution is -2.50. The summed E-state index contributed by atoms with van der Waals surface area (Å²) in [4.78, 5) is 27.1. The molecule has 132 valence electrons. The lowest BCUT2D eigenvalue weighted by atomic mass is 9.81. The van der Waals surface area contributed by atoms with Crippen molar-refractivity contribution in [2.75, 3.05) is 26.9 Å². The Bertz CT molecular complexity index is 404. The molecule has 1 amide bonds. The number of hydrogen-bond acceptors (Lipinski definition) is 4. The number of likely N-dealkylation sites (tertiary alicyclic amines) is 1. The average molecular weight is 325 g/mol. The van der Waals surface area contributed by atoms with E-state index in [9.17, 15) is 9.59 Å². The van der Waals surface area contributed by atoms with Crippen LogP contribution in [0, 0.1) is 17.8 Å². The monoisotopic (exact) mass is 325 g/mol. The zero-order chi connectivity index (χ0) is 16.8. The van der Waals surface area contributed by atoms with Crippen molar-refractivity contribution in [1.82, 2.24) is 4.90 Å². The van der Waals surface area contributed by atoms with Gasteiger partial charge in [-0.3, -0.25) is 9.59 Å². The summed E-state index contributed by atoms with van der Waals surface area (Å²) in [6, 6.07) is 0.302. The summed E-state index contributed by atoms with van der Waals surface area (Å²) in [5.41, 5.74) is 0. The van der Waals surface area contributed by atoms with Gasteiger partial charge in [0, 0.05) is 25.8 Å². The summed E-state index contributed by atoms with van der Waals surface area (Å²) in [6.45, 7) is 6.55. The summed E-state index contributed by atoms with van der Waals surface area (Å²) in [6.07, 6.45) is 5.23. The van der Waals surface area contributed by atoms with Crippen molar-refractivity contribution in [2.24, 2.45) is 17.8 Å². The quantitative estimate of drug-likeness (QED) is 0.729. The molecule has 5 heteroatoms. The van der Waals surface area contributed by atoms with Crippen LogP contribution in [0.15, 0.2) is 0 Å². The zero-order valence-electron chi connectivity index (χ0n) is 14.8. The highest BCUT2D eigenvalue weighted by Crippen LogP contribution is 2.32. The van der Waals surface area contributed by atoms with Crippen LogP contribution >= 0.6 is 0 Å². The van der Waals surface area contributed by atoms with Crippen LogP contribution in [0.4, 0.5) is 0 Å². The second-order valence-corrected chi connectivity index (χ2v) is 7.18. The maximum absolute atomic E-state index is 13.2. The minimum atomic E-state index is -0.284. The molecule has 0 unspecified atom stereocenters. The first-order valence-electron chi connectivity index (χ1n) is 8.99. The van der Waals surface area contributed by atoms with Crippen LogP contribution in [-0.4, -0.2) is 49.7 Å². The minimum absolute atomic E-state index is 0.153. The van der Waals surface area contributed by atoms with Crippen molar-refractivity contribution >= 4 is 11.9 Å². The molecule has 2 aliphatic rings. The molecule has 2 heterocycles. The first-order valence-corrected chi connectivity index (χ1v) is 8.99. The van der Waals surface area contributed by atoms with Gasteiger partial charge in [-0.1, -0.05) is 13.8 Å². The van der Waals surface area contributed by atoms with Crippen LogP contribution in [0.1, 0.15) is 52.4 Å². The Morgan fingerprint density at radius 1 is 1.17 bits per heavy atom. The highest BCUT2D eigenvalue weighted by molar-refractivity contribution is 5.84. The molecule has 0 spiro atoms. The number of piperidine rings is 1. The predicted octanol–water partition coefficient (Wildman–Crippen LogP) is 2.63. The van der Waals surface area contributed by atoms with E-state index in [0.29, 0.717) is 25.2 Å². The van der Waals surface area contributed by atoms with E-state index < -0.39 is 0 Å². The van der Waals surface area contributed by atoms with E-state index in [1.165, 1.54) is 13.5 Å². The van der Waals surface area contributed by atoms with Crippen molar-refractivity contribution in [1.29, 1.82) is 0 Å². The van der Waals surface area contributed by atoms with E-state index in [0.717, 1.165) is 32.2 Å². The molecule has 2 rings (SSSR count). The van der Waals surface area contributed by atoms with E-state index in [1.54, 1.807) is 0 Å². The molecule has 0 aromatic heterocycles. The minimum Gasteiger partial charge on any atom is -0.469 e. The molecule has 0 saturated carbocycles. The number of hydrogen-bond donors (Lipinski definition) is 0. The summed E-state index contributed by atoms with van der Waals surface area (Å²) in [7, 11) is 1.39. The first-order chi connectivity index (χ1) is 11.0. The van der Waals surface area contributed by atoms with Gasteiger partial charge < -0.3 is 14.4 Å². The zero-order valence-corrected chi connectivity index (χ0v) is 14.8. The third kappa shape index (κ3) is 4.69. The molecule has 2 atom stereocenters. The fourth-order valence-corrected chi connectivity index (χ4v) is 3.97. The van der Waals surface area contributed by atoms with E-state index in [-0.39, 0.29) is 30.1 Å². The number of amides is 1. The number of carbonyl (C=O) groups excluding carboxylic acids is 2. The van der Waals surface area contributed by atoms with Gasteiger partial charge in [-0.15, -0.1) is 0 Å². The third-order valence-electron chi connectivity index (χ3n) is 5.37. The first kappa shape index (κ1) is 18.2. The molecule has 23 heavy (non-hydrogen) atoms. The number of ether oxygens (including phenoxy) is 2. The smallest absolute Gasteiger partial charge is 0.306 e. The maximum Gasteiger partial charge on any atom is 0.306 e. The third-order valence-corrected chi connectivity index (χ3v) is 5.37. The largest absolute Gasteiger partial charge is 0.469 e. The molecule has 0 radical (unpaired) electrons. The molecule has 2 saturated heterocycles. The fraction of sp³-hybridized carbons (Fsp3) is 0.889. The van der Waals surface area contributed by atoms with Crippen LogP contribution < -0.4 is 0 Å². The Labute approximate surface area is 139 Å². The average Bonchev–Trinajstić information content (AvgIpc) is 2.59. The second kappa shape index (κ2) is 8.67. The Hall–Kier alpha value is -1.10. The van der Waals surface area contributed by atoms with Gasteiger partial charge in [0.1, 0.15) is 0 Å². The highest BCUT2D eigenvalue weighted by Gasteiger charge is 2.38. The lowest BCUT2D eigenvalue weighted by Gasteiger charge is -2.41. The van der Waals surface area contributed by atoms with E-state index in [1.807, 2.05) is 0 Å². The number of esters is 1. The molecular weight excluding hydrogens is 294 g/mol. The molecule has 0 N–H and O–H groups in total. The standard InChI is InChI=1S/C18H31NO4/c1-13(2)16-6-4-5-9-19(16)18(21)15(12-17(20)22-3)14-7-10-23-11-8-14/h13-16H,4-12H2,1-3H3/t15-,16-/m0/s1. The van der Waals surface area contributed by atoms with Gasteiger partial charge in [0.15, 0.2) is 0 Å². The summed E-state index contributed by atoms with van der Waals surface area (Å²) >= 11 is 0. The maximum atomic E-state index is 13.2. The Balaban J connectivity index is 2.14. The Morgan fingerprint density at radius 2 is 1.87 bits per heavy atom. The van der Waals surface area contributed by atoms with Crippen LogP contribution in [-0.2, 0) is 19.1 Å². The fourth-order valence-electron chi connectivity index (χ4n) is 3.97. The van der Waals surface area contributed by atoms with Gasteiger partial charge in [-0.2, -0.15) is 0 Å². The molecule has 2 aliphatic heterocycles. The van der Waals surface area contributed by atoms with Crippen molar-refractivity contribution in [2.45, 2.75) is 58.4 Å². The summed E-state index contributed by atoms with van der Waals surface area (Å²) < 4.78 is 10.3. The number of carbonyl (C=O) groups is 2. The van der Waals surface area contributed by atoms with Crippen molar-refractivity contribution in [3.63, 3.8) is 0 Å². The highest BCUT2D eigenvalue weighted by atomic mass is 16.5. The Morgan fingerprint density at radius 3 is 2.48 bits per heavy atom. The molecule has 2 fully saturated rings. The van der Waals surface area contributed by atoms with E-state index >= 15 is 0 Å². The molecular formula is C18H31NO4. The predicted molar refractivity (Wildman–Crippen MR) is 87.9 cm³/mol. The van der Waals surface area contributed by atoms with Crippen LogP contribution in [0.2, 0.25) is 0 Å². The topological polar surface area (TPSA) is 55.8 Å². The van der Waals surface area contributed by atoms with Crippen molar-refractivity contribution < 1.29 is 19.1 Å². The molecule has 5 nitrogen and oxygen atoms in total. The molecule has 0 bridgehead atoms. The second-order valence-electron chi connectivity index (χ2n) is 7.18. The normalized spacial score (nSPS) is 24.5. The van der Waals surface area contributed by atoms with Crippen LogP contribution in [0.5, 0.6) is 0 Å². The number of rotatable bonds is 5. The number of methoxy groups -OCH3 is 1. The van der Waals surface area contributed by atoms with Gasteiger partial charge in [-0.25, -0.2) is 0 Å². The Kier molecular flexibility index (Phi) is 6.88. The SMILES string of the molecule is COC(=O)C[C@H](C(=O)N1CCCC[C@H]1C(C)C)C1CCOCC1. The van der Waals surface area contributed by atoms with E-state index in [2.05, 4.69) is 18.7 Å². The molecule has 0 aliphatic carbocycles. The van der Waals surface area contributed by atoms with Gasteiger partial charge in [0.2, 0.25) is 5.91 Å². The molecule has 0 aromatic rings. The van der Waals surface area contributed by atoms with Crippen LogP contribution in [0.25, 0.3) is 0 Å². The lowest BCUT2D eigenvalue weighted by molar-refractivity contribution is -0.152. The van der Waals surface area contributed by atoms with Crippen molar-refractivity contribution in [3.8, 4) is 0 Å². The van der Waals surface area contributed by atoms with Crippen LogP contribution in [0.3, 0.4) is 0 Å². The van der Waals surface area contributed by atoms with Gasteiger partial charge in [-0.05, 0) is 43.9 Å². The van der Waals surface area contributed by atoms with Gasteiger partial charge in [0.25, 0.3) is 0 Å². The van der Waals surface area contributed by atoms with Gasteiger partial charge in [0.05, 0.1) is 19.4 Å². The van der Waals surface area contributed by atoms with E-state index in [4.69, 9.17) is 9.47 Å². The molecule has 0 aromatic carbocycles. The summed E-state index contributed by atoms with van der Waals surface area (Å²) in [5, 5.41) is 0. The summed E-state index contributed by atoms with van der Waals surface area (Å²) in [5.74, 6) is 0.289. The number of nitrogens with zero attached hydrogens (tertiary/aromatic N) is 1. The van der Waals surface area contributed by atoms with Gasteiger partial charge >= 0.3 is 5.97 Å². The van der Waals surface area contributed by atoms with Crippen molar-refractivity contribution in [3.05, 3.63) is 0 Å².